The molecule has 2 rings (SSSR count). The number of hydrogen-bond donors (Lipinski definition) is 3. The molecule has 6 heteroatoms. The molecule has 116 valence electrons. The van der Waals surface area contributed by atoms with Crippen molar-refractivity contribution in [2.75, 3.05) is 0 Å². The van der Waals surface area contributed by atoms with Crippen molar-refractivity contribution < 1.29 is 9.90 Å². The molecule has 0 heterocycles. The van der Waals surface area contributed by atoms with Crippen molar-refractivity contribution in [1.82, 2.24) is 10.6 Å². The molecule has 0 aliphatic heterocycles. The van der Waals surface area contributed by atoms with Gasteiger partial charge >= 0.3 is 6.03 Å². The van der Waals surface area contributed by atoms with Crippen LogP contribution in [0.15, 0.2) is 18.2 Å². The molecule has 1 saturated carbocycles. The average Bonchev–Trinajstić information content (AvgIpc) is 2.44. The molecule has 0 aromatic heterocycles. The number of amides is 2. The Morgan fingerprint density at radius 3 is 2.62 bits per heavy atom. The Kier molecular flexibility index (Phi) is 5.73. The van der Waals surface area contributed by atoms with Crippen molar-refractivity contribution in [3.05, 3.63) is 33.8 Å². The lowest BCUT2D eigenvalue weighted by atomic mass is 9.93. The molecule has 1 unspecified atom stereocenters. The Hall–Kier alpha value is -0.970. The minimum absolute atomic E-state index is 0.121. The number of hydrogen-bond acceptors (Lipinski definition) is 2. The minimum Gasteiger partial charge on any atom is -0.393 e. The van der Waals surface area contributed by atoms with E-state index in [9.17, 15) is 9.90 Å². The summed E-state index contributed by atoms with van der Waals surface area (Å²) in [6.07, 6.45) is 2.86. The fourth-order valence-electron chi connectivity index (χ4n) is 2.58. The first kappa shape index (κ1) is 16.4. The third-order valence-electron chi connectivity index (χ3n) is 3.83. The molecule has 3 N–H and O–H groups in total. The van der Waals surface area contributed by atoms with E-state index in [2.05, 4.69) is 10.6 Å². The van der Waals surface area contributed by atoms with Crippen LogP contribution in [0, 0.1) is 0 Å². The molecule has 0 saturated heterocycles. The number of rotatable bonds is 3. The molecule has 1 aliphatic carbocycles. The van der Waals surface area contributed by atoms with Crippen LogP contribution in [-0.2, 0) is 0 Å². The Morgan fingerprint density at radius 1 is 1.29 bits per heavy atom. The number of nitrogens with one attached hydrogen (secondary N) is 2. The Bertz CT molecular complexity index is 502. The highest BCUT2D eigenvalue weighted by molar-refractivity contribution is 6.42. The molecule has 4 nitrogen and oxygen atoms in total. The van der Waals surface area contributed by atoms with Gasteiger partial charge in [0.15, 0.2) is 0 Å². The van der Waals surface area contributed by atoms with Gasteiger partial charge in [-0.05, 0) is 44.2 Å². The normalized spacial score (nSPS) is 23.4. The maximum atomic E-state index is 12.0. The quantitative estimate of drug-likeness (QED) is 0.792. The van der Waals surface area contributed by atoms with Crippen molar-refractivity contribution in [1.29, 1.82) is 0 Å². The van der Waals surface area contributed by atoms with Gasteiger partial charge in [0.25, 0.3) is 0 Å². The van der Waals surface area contributed by atoms with Crippen LogP contribution in [0.1, 0.15) is 44.2 Å². The van der Waals surface area contributed by atoms with Gasteiger partial charge in [-0.3, -0.25) is 0 Å². The average molecular weight is 331 g/mol. The van der Waals surface area contributed by atoms with E-state index in [1.54, 1.807) is 6.07 Å². The molecule has 0 spiro atoms. The number of aliphatic hydroxyl groups excluding tert-OH is 1. The number of urea groups is 1. The number of aliphatic hydroxyl groups is 1. The van der Waals surface area contributed by atoms with E-state index in [0.717, 1.165) is 31.2 Å². The first-order valence-corrected chi connectivity index (χ1v) is 7.92. The molecular weight excluding hydrogens is 311 g/mol. The molecule has 2 amide bonds. The summed E-state index contributed by atoms with van der Waals surface area (Å²) in [5, 5.41) is 16.2. The van der Waals surface area contributed by atoms with Crippen LogP contribution in [0.2, 0.25) is 10.0 Å². The number of benzene rings is 1. The summed E-state index contributed by atoms with van der Waals surface area (Å²) >= 11 is 12.1. The van der Waals surface area contributed by atoms with E-state index < -0.39 is 0 Å². The van der Waals surface area contributed by atoms with E-state index in [4.69, 9.17) is 23.2 Å². The second-order valence-electron chi connectivity index (χ2n) is 5.49. The van der Waals surface area contributed by atoms with Crippen LogP contribution < -0.4 is 10.6 Å². The largest absolute Gasteiger partial charge is 0.393 e. The predicted octanol–water partition coefficient (Wildman–Crippen LogP) is 3.66. The van der Waals surface area contributed by atoms with Gasteiger partial charge < -0.3 is 15.7 Å². The Balaban J connectivity index is 1.88. The zero-order chi connectivity index (χ0) is 15.4. The highest BCUT2D eigenvalue weighted by atomic mass is 35.5. The van der Waals surface area contributed by atoms with Gasteiger partial charge in [-0.15, -0.1) is 0 Å². The maximum Gasteiger partial charge on any atom is 0.315 e. The van der Waals surface area contributed by atoms with Gasteiger partial charge in [0.05, 0.1) is 22.2 Å². The molecule has 1 atom stereocenters. The predicted molar refractivity (Wildman–Crippen MR) is 84.8 cm³/mol. The standard InChI is InChI=1S/C15H20Cl2N2O2/c1-9(12-3-2-4-13(16)14(12)17)18-15(21)19-10-5-7-11(20)8-6-10/h2-4,9-11,20H,5-8H2,1H3,(H2,18,19,21). The van der Waals surface area contributed by atoms with Crippen LogP contribution in [0.5, 0.6) is 0 Å². The van der Waals surface area contributed by atoms with Crippen LogP contribution >= 0.6 is 23.2 Å². The fourth-order valence-corrected chi connectivity index (χ4v) is 3.05. The molecule has 1 aromatic carbocycles. The Labute approximate surface area is 134 Å². The summed E-state index contributed by atoms with van der Waals surface area (Å²) in [4.78, 5) is 12.0. The van der Waals surface area contributed by atoms with Gasteiger partial charge in [-0.2, -0.15) is 0 Å². The first-order chi connectivity index (χ1) is 9.97. The summed E-state index contributed by atoms with van der Waals surface area (Å²) in [5.41, 5.74) is 0.790. The van der Waals surface area contributed by atoms with Gasteiger partial charge in [-0.1, -0.05) is 35.3 Å². The van der Waals surface area contributed by atoms with Gasteiger partial charge in [-0.25, -0.2) is 4.79 Å². The Morgan fingerprint density at radius 2 is 1.95 bits per heavy atom. The van der Waals surface area contributed by atoms with Crippen molar-refractivity contribution in [2.45, 2.75) is 50.8 Å². The zero-order valence-corrected chi connectivity index (χ0v) is 13.4. The van der Waals surface area contributed by atoms with Crippen LogP contribution in [0.3, 0.4) is 0 Å². The van der Waals surface area contributed by atoms with Crippen molar-refractivity contribution in [2.24, 2.45) is 0 Å². The number of carbonyl (C=O) groups excluding carboxylic acids is 1. The van der Waals surface area contributed by atoms with Crippen molar-refractivity contribution in [3.8, 4) is 0 Å². The monoisotopic (exact) mass is 330 g/mol. The molecule has 0 bridgehead atoms. The van der Waals surface area contributed by atoms with Crippen LogP contribution in [-0.4, -0.2) is 23.3 Å². The van der Waals surface area contributed by atoms with E-state index in [-0.39, 0.29) is 24.2 Å². The SMILES string of the molecule is CC(NC(=O)NC1CCC(O)CC1)c1cccc(Cl)c1Cl. The lowest BCUT2D eigenvalue weighted by Crippen LogP contribution is -2.44. The van der Waals surface area contributed by atoms with Gasteiger partial charge in [0, 0.05) is 6.04 Å². The third kappa shape index (κ3) is 4.50. The van der Waals surface area contributed by atoms with Gasteiger partial charge in [0.2, 0.25) is 0 Å². The van der Waals surface area contributed by atoms with Crippen LogP contribution in [0.25, 0.3) is 0 Å². The van der Waals surface area contributed by atoms with E-state index in [1.807, 2.05) is 19.1 Å². The van der Waals surface area contributed by atoms with E-state index in [1.165, 1.54) is 0 Å². The minimum atomic E-state index is -0.231. The second-order valence-corrected chi connectivity index (χ2v) is 6.27. The topological polar surface area (TPSA) is 61.4 Å². The first-order valence-electron chi connectivity index (χ1n) is 7.16. The van der Waals surface area contributed by atoms with Gasteiger partial charge in [0.1, 0.15) is 0 Å². The lowest BCUT2D eigenvalue weighted by molar-refractivity contribution is 0.117. The molecule has 21 heavy (non-hydrogen) atoms. The summed E-state index contributed by atoms with van der Waals surface area (Å²) < 4.78 is 0. The molecule has 1 aromatic rings. The van der Waals surface area contributed by atoms with E-state index in [0.29, 0.717) is 10.0 Å². The maximum absolute atomic E-state index is 12.0. The molecule has 1 fully saturated rings. The highest BCUT2D eigenvalue weighted by Crippen LogP contribution is 2.29. The molecule has 0 radical (unpaired) electrons. The van der Waals surface area contributed by atoms with E-state index >= 15 is 0 Å². The lowest BCUT2D eigenvalue weighted by Gasteiger charge is -2.27. The van der Waals surface area contributed by atoms with Crippen LogP contribution in [0.4, 0.5) is 4.79 Å². The summed E-state index contributed by atoms with van der Waals surface area (Å²) in [7, 11) is 0. The summed E-state index contributed by atoms with van der Waals surface area (Å²) in [6, 6.07) is 5.03. The van der Waals surface area contributed by atoms with Crippen molar-refractivity contribution >= 4 is 29.2 Å². The summed E-state index contributed by atoms with van der Waals surface area (Å²) in [6.45, 7) is 1.86. The highest BCUT2D eigenvalue weighted by Gasteiger charge is 2.21. The molecular formula is C15H20Cl2N2O2. The third-order valence-corrected chi connectivity index (χ3v) is 4.66. The second kappa shape index (κ2) is 7.34. The zero-order valence-electron chi connectivity index (χ0n) is 11.9. The molecule has 1 aliphatic rings. The number of halogens is 2. The summed E-state index contributed by atoms with van der Waals surface area (Å²) in [5.74, 6) is 0. The fraction of sp³-hybridized carbons (Fsp3) is 0.533. The van der Waals surface area contributed by atoms with Crippen molar-refractivity contribution in [3.63, 3.8) is 0 Å². The number of carbonyl (C=O) groups is 1. The smallest absolute Gasteiger partial charge is 0.315 e.